The van der Waals surface area contributed by atoms with E-state index in [1.54, 1.807) is 13.4 Å². The SMILES string of the molecule is COc1ccc(C2CC(c3nc4c5c6c(sc5ncn4n3)CCC6)NN2)cc1. The Labute approximate surface area is 165 Å². The number of hydrazine groups is 1. The van der Waals surface area contributed by atoms with E-state index in [9.17, 15) is 0 Å². The van der Waals surface area contributed by atoms with Crippen LogP contribution < -0.4 is 15.6 Å². The monoisotopic (exact) mass is 392 g/mol. The maximum absolute atomic E-state index is 5.25. The summed E-state index contributed by atoms with van der Waals surface area (Å²) in [7, 11) is 1.68. The molecule has 2 N–H and O–H groups in total. The number of aryl methyl sites for hydroxylation is 2. The van der Waals surface area contributed by atoms with Crippen molar-refractivity contribution in [1.29, 1.82) is 0 Å². The first kappa shape index (κ1) is 16.4. The maximum atomic E-state index is 5.25. The molecule has 2 unspecified atom stereocenters. The number of methoxy groups -OCH3 is 1. The van der Waals surface area contributed by atoms with Crippen LogP contribution in [0.5, 0.6) is 5.75 Å². The van der Waals surface area contributed by atoms with Gasteiger partial charge in [-0.25, -0.2) is 25.3 Å². The zero-order valence-electron chi connectivity index (χ0n) is 15.5. The highest BCUT2D eigenvalue weighted by atomic mass is 32.1. The molecule has 142 valence electrons. The van der Waals surface area contributed by atoms with Gasteiger partial charge in [-0.2, -0.15) is 0 Å². The number of rotatable bonds is 3. The number of thiophene rings is 1. The zero-order valence-corrected chi connectivity index (χ0v) is 16.3. The van der Waals surface area contributed by atoms with E-state index in [-0.39, 0.29) is 12.1 Å². The summed E-state index contributed by atoms with van der Waals surface area (Å²) in [4.78, 5) is 12.1. The van der Waals surface area contributed by atoms with Gasteiger partial charge in [0.25, 0.3) is 0 Å². The Hall–Kier alpha value is -2.55. The van der Waals surface area contributed by atoms with E-state index in [0.717, 1.165) is 34.9 Å². The summed E-state index contributed by atoms with van der Waals surface area (Å²) < 4.78 is 7.09. The molecule has 1 aliphatic heterocycles. The topological polar surface area (TPSA) is 76.4 Å². The van der Waals surface area contributed by atoms with Gasteiger partial charge in [-0.15, -0.1) is 16.4 Å². The molecule has 1 aliphatic carbocycles. The normalized spacial score (nSPS) is 21.6. The van der Waals surface area contributed by atoms with Crippen molar-refractivity contribution < 1.29 is 4.74 Å². The van der Waals surface area contributed by atoms with Crippen LogP contribution in [0, 0.1) is 0 Å². The lowest BCUT2D eigenvalue weighted by Crippen LogP contribution is -2.27. The van der Waals surface area contributed by atoms with E-state index in [2.05, 4.69) is 28.0 Å². The zero-order chi connectivity index (χ0) is 18.7. The average Bonchev–Trinajstić information content (AvgIpc) is 3.48. The molecule has 6 rings (SSSR count). The van der Waals surface area contributed by atoms with Crippen molar-refractivity contribution in [3.63, 3.8) is 0 Å². The van der Waals surface area contributed by atoms with Gasteiger partial charge in [0, 0.05) is 10.9 Å². The molecule has 0 amide bonds. The van der Waals surface area contributed by atoms with Crippen LogP contribution in [0.25, 0.3) is 15.9 Å². The number of nitrogens with zero attached hydrogens (tertiary/aromatic N) is 4. The lowest BCUT2D eigenvalue weighted by atomic mass is 10.0. The molecule has 2 aliphatic rings. The maximum Gasteiger partial charge on any atom is 0.170 e. The van der Waals surface area contributed by atoms with Gasteiger partial charge in [-0.05, 0) is 48.9 Å². The van der Waals surface area contributed by atoms with Gasteiger partial charge in [-0.3, -0.25) is 0 Å². The number of hydrogen-bond acceptors (Lipinski definition) is 7. The third kappa shape index (κ3) is 2.45. The van der Waals surface area contributed by atoms with Gasteiger partial charge in [0.2, 0.25) is 0 Å². The second kappa shape index (κ2) is 6.23. The van der Waals surface area contributed by atoms with E-state index in [0.29, 0.717) is 0 Å². The summed E-state index contributed by atoms with van der Waals surface area (Å²) in [6.07, 6.45) is 6.21. The first-order valence-corrected chi connectivity index (χ1v) is 10.4. The minimum Gasteiger partial charge on any atom is -0.497 e. The van der Waals surface area contributed by atoms with Gasteiger partial charge < -0.3 is 4.74 Å². The molecule has 1 aromatic carbocycles. The van der Waals surface area contributed by atoms with Crippen molar-refractivity contribution in [3.05, 3.63) is 52.4 Å². The first-order valence-electron chi connectivity index (χ1n) is 9.60. The molecule has 1 saturated heterocycles. The van der Waals surface area contributed by atoms with Crippen LogP contribution in [0.3, 0.4) is 0 Å². The number of ether oxygens (including phenoxy) is 1. The molecular formula is C20H20N6OS. The Bertz CT molecular complexity index is 1180. The van der Waals surface area contributed by atoms with Crippen molar-refractivity contribution in [1.82, 2.24) is 30.4 Å². The second-order valence-electron chi connectivity index (χ2n) is 7.42. The minimum absolute atomic E-state index is 0.0636. The van der Waals surface area contributed by atoms with Crippen molar-refractivity contribution >= 4 is 27.2 Å². The summed E-state index contributed by atoms with van der Waals surface area (Å²) >= 11 is 1.81. The first-order chi connectivity index (χ1) is 13.8. The molecule has 8 heteroatoms. The van der Waals surface area contributed by atoms with Crippen LogP contribution in [0.15, 0.2) is 30.6 Å². The molecule has 1 fully saturated rings. The van der Waals surface area contributed by atoms with Crippen molar-refractivity contribution in [2.75, 3.05) is 7.11 Å². The molecule has 4 aromatic rings. The molecule has 0 spiro atoms. The van der Waals surface area contributed by atoms with Gasteiger partial charge >= 0.3 is 0 Å². The van der Waals surface area contributed by atoms with E-state index < -0.39 is 0 Å². The van der Waals surface area contributed by atoms with Crippen LogP contribution in [0.4, 0.5) is 0 Å². The summed E-state index contributed by atoms with van der Waals surface area (Å²) in [6, 6.07) is 8.46. The van der Waals surface area contributed by atoms with Crippen LogP contribution in [-0.4, -0.2) is 26.7 Å². The largest absolute Gasteiger partial charge is 0.497 e. The summed E-state index contributed by atoms with van der Waals surface area (Å²) in [5.41, 5.74) is 10.3. The van der Waals surface area contributed by atoms with Gasteiger partial charge in [-0.1, -0.05) is 12.1 Å². The van der Waals surface area contributed by atoms with Crippen LogP contribution in [0.1, 0.15) is 46.8 Å². The fraction of sp³-hybridized carbons (Fsp3) is 0.350. The lowest BCUT2D eigenvalue weighted by molar-refractivity contribution is 0.414. The van der Waals surface area contributed by atoms with Crippen molar-refractivity contribution in [2.24, 2.45) is 0 Å². The molecular weight excluding hydrogens is 372 g/mol. The fourth-order valence-corrected chi connectivity index (χ4v) is 5.56. The Morgan fingerprint density at radius 2 is 2.00 bits per heavy atom. The fourth-order valence-electron chi connectivity index (χ4n) is 4.34. The Balaban J connectivity index is 1.33. The Kier molecular flexibility index (Phi) is 3.65. The number of benzene rings is 1. The lowest BCUT2D eigenvalue weighted by Gasteiger charge is -2.10. The highest BCUT2D eigenvalue weighted by Gasteiger charge is 2.30. The van der Waals surface area contributed by atoms with Crippen LogP contribution in [0.2, 0.25) is 0 Å². The highest BCUT2D eigenvalue weighted by molar-refractivity contribution is 7.19. The third-order valence-corrected chi connectivity index (χ3v) is 6.99. The Morgan fingerprint density at radius 3 is 2.86 bits per heavy atom. The molecule has 3 aromatic heterocycles. The van der Waals surface area contributed by atoms with Gasteiger partial charge in [0.1, 0.15) is 16.9 Å². The Morgan fingerprint density at radius 1 is 1.14 bits per heavy atom. The summed E-state index contributed by atoms with van der Waals surface area (Å²) in [5.74, 6) is 1.68. The van der Waals surface area contributed by atoms with Gasteiger partial charge in [0.05, 0.1) is 18.5 Å². The number of hydrogen-bond donors (Lipinski definition) is 2. The number of fused-ring (bicyclic) bond motifs is 5. The molecule has 28 heavy (non-hydrogen) atoms. The molecule has 0 bridgehead atoms. The van der Waals surface area contributed by atoms with Crippen LogP contribution >= 0.6 is 11.3 Å². The van der Waals surface area contributed by atoms with Crippen molar-refractivity contribution in [2.45, 2.75) is 37.8 Å². The van der Waals surface area contributed by atoms with E-state index in [1.807, 2.05) is 28.0 Å². The molecule has 2 atom stereocenters. The van der Waals surface area contributed by atoms with Crippen molar-refractivity contribution in [3.8, 4) is 5.75 Å². The standard InChI is InChI=1S/C20H20N6OS/c1-27-12-7-5-11(6-8-12)14-9-15(24-23-14)18-22-19-17-13-3-2-4-16(13)28-20(17)21-10-26(19)25-18/h5-8,10,14-15,23-24H,2-4,9H2,1H3. The van der Waals surface area contributed by atoms with E-state index in [4.69, 9.17) is 14.8 Å². The smallest absolute Gasteiger partial charge is 0.170 e. The van der Waals surface area contributed by atoms with E-state index >= 15 is 0 Å². The van der Waals surface area contributed by atoms with Crippen LogP contribution in [-0.2, 0) is 12.8 Å². The summed E-state index contributed by atoms with van der Waals surface area (Å²) in [6.45, 7) is 0. The summed E-state index contributed by atoms with van der Waals surface area (Å²) in [5, 5.41) is 5.94. The molecule has 0 saturated carbocycles. The van der Waals surface area contributed by atoms with E-state index in [1.165, 1.54) is 34.2 Å². The second-order valence-corrected chi connectivity index (χ2v) is 8.51. The third-order valence-electron chi connectivity index (χ3n) is 5.79. The number of aromatic nitrogens is 4. The predicted octanol–water partition coefficient (Wildman–Crippen LogP) is 3.12. The molecule has 0 radical (unpaired) electrons. The molecule has 7 nitrogen and oxygen atoms in total. The number of nitrogens with one attached hydrogen (secondary N) is 2. The minimum atomic E-state index is 0.0636. The molecule has 4 heterocycles. The quantitative estimate of drug-likeness (QED) is 0.558. The van der Waals surface area contributed by atoms with Gasteiger partial charge in [0.15, 0.2) is 11.5 Å². The highest BCUT2D eigenvalue weighted by Crippen LogP contribution is 2.38. The predicted molar refractivity (Wildman–Crippen MR) is 108 cm³/mol. The average molecular weight is 392 g/mol.